The Balaban J connectivity index is 2.14. The summed E-state index contributed by atoms with van der Waals surface area (Å²) in [6, 6.07) is 6.70. The summed E-state index contributed by atoms with van der Waals surface area (Å²) in [6.07, 6.45) is 5.43. The number of methoxy groups -OCH3 is 1. The molecule has 0 heterocycles. The lowest BCUT2D eigenvalue weighted by Crippen LogP contribution is -2.10. The van der Waals surface area contributed by atoms with Crippen LogP contribution >= 0.6 is 0 Å². The van der Waals surface area contributed by atoms with Crippen LogP contribution in [-0.4, -0.2) is 7.11 Å². The van der Waals surface area contributed by atoms with E-state index in [1.807, 2.05) is 0 Å². The number of hydrogen-bond donors (Lipinski definition) is 0. The average Bonchev–Trinajstić information content (AvgIpc) is 2.31. The molecule has 0 bridgehead atoms. The molecular formula is C15H22O. The van der Waals surface area contributed by atoms with E-state index in [4.69, 9.17) is 4.74 Å². The highest BCUT2D eigenvalue weighted by Gasteiger charge is 2.20. The minimum Gasteiger partial charge on any atom is -0.496 e. The largest absolute Gasteiger partial charge is 0.496 e. The molecule has 1 aliphatic carbocycles. The fourth-order valence-electron chi connectivity index (χ4n) is 2.68. The van der Waals surface area contributed by atoms with Gasteiger partial charge >= 0.3 is 0 Å². The van der Waals surface area contributed by atoms with Crippen LogP contribution in [0.2, 0.25) is 0 Å². The van der Waals surface area contributed by atoms with Crippen molar-refractivity contribution in [3.63, 3.8) is 0 Å². The predicted octanol–water partition coefficient (Wildman–Crippen LogP) is 4.30. The van der Waals surface area contributed by atoms with Gasteiger partial charge in [-0.25, -0.2) is 0 Å². The molecule has 1 heteroatoms. The topological polar surface area (TPSA) is 9.23 Å². The molecule has 0 unspecified atom stereocenters. The van der Waals surface area contributed by atoms with Crippen molar-refractivity contribution < 1.29 is 4.74 Å². The van der Waals surface area contributed by atoms with Gasteiger partial charge < -0.3 is 4.74 Å². The van der Waals surface area contributed by atoms with Crippen LogP contribution in [0.1, 0.15) is 49.7 Å². The van der Waals surface area contributed by atoms with Gasteiger partial charge in [-0.05, 0) is 48.8 Å². The van der Waals surface area contributed by atoms with Gasteiger partial charge in [0.1, 0.15) is 5.75 Å². The lowest BCUT2D eigenvalue weighted by atomic mass is 9.79. The summed E-state index contributed by atoms with van der Waals surface area (Å²) >= 11 is 0. The Labute approximate surface area is 98.8 Å². The highest BCUT2D eigenvalue weighted by molar-refractivity contribution is 5.38. The SMILES string of the molecule is COc1cc(C2CCC(C)CC2)ccc1C. The number of hydrogen-bond acceptors (Lipinski definition) is 1. The van der Waals surface area contributed by atoms with E-state index in [2.05, 4.69) is 32.0 Å². The lowest BCUT2D eigenvalue weighted by molar-refractivity contribution is 0.346. The molecular weight excluding hydrogens is 196 g/mol. The van der Waals surface area contributed by atoms with Crippen molar-refractivity contribution in [3.8, 4) is 5.75 Å². The van der Waals surface area contributed by atoms with Crippen molar-refractivity contribution in [3.05, 3.63) is 29.3 Å². The molecule has 0 aliphatic heterocycles. The van der Waals surface area contributed by atoms with Crippen molar-refractivity contribution in [2.75, 3.05) is 7.11 Å². The second-order valence-corrected chi connectivity index (χ2v) is 5.19. The lowest BCUT2D eigenvalue weighted by Gasteiger charge is -2.26. The van der Waals surface area contributed by atoms with Crippen molar-refractivity contribution >= 4 is 0 Å². The third kappa shape index (κ3) is 2.40. The van der Waals surface area contributed by atoms with Gasteiger partial charge in [-0.2, -0.15) is 0 Å². The normalized spacial score (nSPS) is 25.4. The van der Waals surface area contributed by atoms with E-state index in [9.17, 15) is 0 Å². The summed E-state index contributed by atoms with van der Waals surface area (Å²) in [4.78, 5) is 0. The van der Waals surface area contributed by atoms with Crippen LogP contribution < -0.4 is 4.74 Å². The summed E-state index contributed by atoms with van der Waals surface area (Å²) in [5.41, 5.74) is 2.70. The van der Waals surface area contributed by atoms with Crippen molar-refractivity contribution in [2.24, 2.45) is 5.92 Å². The minimum absolute atomic E-state index is 0.755. The van der Waals surface area contributed by atoms with E-state index in [0.29, 0.717) is 0 Å². The maximum atomic E-state index is 5.40. The van der Waals surface area contributed by atoms with Gasteiger partial charge in [-0.1, -0.05) is 31.9 Å². The maximum Gasteiger partial charge on any atom is 0.122 e. The molecule has 0 N–H and O–H groups in total. The number of aryl methyl sites for hydroxylation is 1. The van der Waals surface area contributed by atoms with E-state index in [0.717, 1.165) is 17.6 Å². The van der Waals surface area contributed by atoms with Crippen molar-refractivity contribution in [1.82, 2.24) is 0 Å². The first kappa shape index (κ1) is 11.5. The number of ether oxygens (including phenoxy) is 1. The third-order valence-electron chi connectivity index (χ3n) is 3.92. The van der Waals surface area contributed by atoms with E-state index < -0.39 is 0 Å². The highest BCUT2D eigenvalue weighted by atomic mass is 16.5. The maximum absolute atomic E-state index is 5.40. The first-order chi connectivity index (χ1) is 7.70. The zero-order chi connectivity index (χ0) is 11.5. The second-order valence-electron chi connectivity index (χ2n) is 5.19. The molecule has 16 heavy (non-hydrogen) atoms. The van der Waals surface area contributed by atoms with E-state index in [-0.39, 0.29) is 0 Å². The van der Waals surface area contributed by atoms with Gasteiger partial charge in [0.2, 0.25) is 0 Å². The zero-order valence-corrected chi connectivity index (χ0v) is 10.6. The molecule has 0 aromatic heterocycles. The van der Waals surface area contributed by atoms with Crippen LogP contribution in [0.3, 0.4) is 0 Å². The first-order valence-corrected chi connectivity index (χ1v) is 6.35. The summed E-state index contributed by atoms with van der Waals surface area (Å²) in [5, 5.41) is 0. The minimum atomic E-state index is 0.755. The smallest absolute Gasteiger partial charge is 0.122 e. The Morgan fingerprint density at radius 2 is 1.81 bits per heavy atom. The Morgan fingerprint density at radius 1 is 1.12 bits per heavy atom. The fourth-order valence-corrected chi connectivity index (χ4v) is 2.68. The van der Waals surface area contributed by atoms with E-state index in [1.165, 1.54) is 36.8 Å². The van der Waals surface area contributed by atoms with Crippen LogP contribution in [0.4, 0.5) is 0 Å². The Kier molecular flexibility index (Phi) is 3.52. The number of benzene rings is 1. The molecule has 1 saturated carbocycles. The molecule has 0 radical (unpaired) electrons. The summed E-state index contributed by atoms with van der Waals surface area (Å²) in [5.74, 6) is 2.71. The standard InChI is InChI=1S/C15H22O/c1-11-4-7-13(8-5-11)14-9-6-12(2)15(10-14)16-3/h6,9-11,13H,4-5,7-8H2,1-3H3. The third-order valence-corrected chi connectivity index (χ3v) is 3.92. The van der Waals surface area contributed by atoms with Crippen molar-refractivity contribution in [1.29, 1.82) is 0 Å². The average molecular weight is 218 g/mol. The quantitative estimate of drug-likeness (QED) is 0.719. The number of rotatable bonds is 2. The fraction of sp³-hybridized carbons (Fsp3) is 0.600. The molecule has 1 aliphatic rings. The van der Waals surface area contributed by atoms with Gasteiger partial charge in [0.05, 0.1) is 7.11 Å². The molecule has 0 saturated heterocycles. The van der Waals surface area contributed by atoms with Gasteiger partial charge in [0.25, 0.3) is 0 Å². The molecule has 0 spiro atoms. The molecule has 1 aromatic rings. The molecule has 1 fully saturated rings. The summed E-state index contributed by atoms with van der Waals surface area (Å²) < 4.78 is 5.40. The Bertz CT molecular complexity index is 348. The highest BCUT2D eigenvalue weighted by Crippen LogP contribution is 2.37. The van der Waals surface area contributed by atoms with Crippen molar-refractivity contribution in [2.45, 2.75) is 45.4 Å². The monoisotopic (exact) mass is 218 g/mol. The van der Waals surface area contributed by atoms with Crippen LogP contribution in [0.15, 0.2) is 18.2 Å². The molecule has 0 atom stereocenters. The Morgan fingerprint density at radius 3 is 2.44 bits per heavy atom. The molecule has 1 aromatic carbocycles. The van der Waals surface area contributed by atoms with Crippen LogP contribution in [0, 0.1) is 12.8 Å². The molecule has 1 nitrogen and oxygen atoms in total. The van der Waals surface area contributed by atoms with Gasteiger partial charge in [0, 0.05) is 0 Å². The van der Waals surface area contributed by atoms with Gasteiger partial charge in [-0.3, -0.25) is 0 Å². The molecule has 2 rings (SSSR count). The summed E-state index contributed by atoms with van der Waals surface area (Å²) in [7, 11) is 1.76. The predicted molar refractivity (Wildman–Crippen MR) is 68.1 cm³/mol. The van der Waals surface area contributed by atoms with E-state index >= 15 is 0 Å². The zero-order valence-electron chi connectivity index (χ0n) is 10.6. The van der Waals surface area contributed by atoms with Crippen LogP contribution in [-0.2, 0) is 0 Å². The van der Waals surface area contributed by atoms with Gasteiger partial charge in [0.15, 0.2) is 0 Å². The second kappa shape index (κ2) is 4.90. The van der Waals surface area contributed by atoms with Crippen LogP contribution in [0.25, 0.3) is 0 Å². The molecule has 88 valence electrons. The summed E-state index contributed by atoms with van der Waals surface area (Å²) in [6.45, 7) is 4.47. The molecule has 0 amide bonds. The Hall–Kier alpha value is -0.980. The van der Waals surface area contributed by atoms with Gasteiger partial charge in [-0.15, -0.1) is 0 Å². The van der Waals surface area contributed by atoms with E-state index in [1.54, 1.807) is 7.11 Å². The first-order valence-electron chi connectivity index (χ1n) is 6.35. The van der Waals surface area contributed by atoms with Crippen LogP contribution in [0.5, 0.6) is 5.75 Å².